The Morgan fingerprint density at radius 3 is 2.61 bits per heavy atom. The minimum Gasteiger partial charge on any atom is -0.274 e. The summed E-state index contributed by atoms with van der Waals surface area (Å²) in [4.78, 5) is 11.3. The van der Waals surface area contributed by atoms with Crippen molar-refractivity contribution in [3.63, 3.8) is 0 Å². The van der Waals surface area contributed by atoms with E-state index < -0.39 is 0 Å². The summed E-state index contributed by atoms with van der Waals surface area (Å²) in [7, 11) is 0. The van der Waals surface area contributed by atoms with Crippen molar-refractivity contribution >= 4 is 27.7 Å². The van der Waals surface area contributed by atoms with E-state index >= 15 is 0 Å². The molecule has 1 aliphatic carbocycles. The molecule has 0 fully saturated rings. The molecule has 1 aliphatic rings. The number of carbonyl (C=O) groups excluding carboxylic acids is 1. The van der Waals surface area contributed by atoms with Crippen molar-refractivity contribution in [2.75, 3.05) is 3.93 Å². The van der Waals surface area contributed by atoms with E-state index in [0.717, 1.165) is 12.1 Å². The van der Waals surface area contributed by atoms with Gasteiger partial charge in [-0.3, -0.25) is 4.79 Å². The Labute approximate surface area is 115 Å². The molecule has 3 rings (SSSR count). The summed E-state index contributed by atoms with van der Waals surface area (Å²) in [5.41, 5.74) is 6.10. The minimum absolute atomic E-state index is 0.0227. The Bertz CT molecular complexity index is 636. The zero-order valence-corrected chi connectivity index (χ0v) is 11.6. The van der Waals surface area contributed by atoms with Crippen LogP contribution in [-0.4, -0.2) is 5.91 Å². The molecule has 0 spiro atoms. The number of rotatable bonds is 1. The molecule has 2 aromatic carbocycles. The molecule has 0 saturated carbocycles. The molecule has 18 heavy (non-hydrogen) atoms. The molecular formula is C15H12BrNO. The number of halogens is 1. The number of hydrogen-bond donors (Lipinski definition) is 0. The van der Waals surface area contributed by atoms with Crippen LogP contribution in [-0.2, 0) is 11.2 Å². The number of carbonyl (C=O) groups is 1. The molecule has 90 valence electrons. The maximum Gasteiger partial charge on any atom is 0.233 e. The van der Waals surface area contributed by atoms with Crippen LogP contribution in [0.15, 0.2) is 42.5 Å². The molecular weight excluding hydrogens is 290 g/mol. The lowest BCUT2D eigenvalue weighted by atomic mass is 10.1. The maximum absolute atomic E-state index is 11.3. The number of nitrogens with zero attached hydrogens (tertiary/aromatic N) is 1. The third-order valence-electron chi connectivity index (χ3n) is 3.28. The van der Waals surface area contributed by atoms with Crippen molar-refractivity contribution < 1.29 is 4.79 Å². The average Bonchev–Trinajstić information content (AvgIpc) is 2.75. The second-order valence-corrected chi connectivity index (χ2v) is 5.18. The lowest BCUT2D eigenvalue weighted by Gasteiger charge is -2.13. The van der Waals surface area contributed by atoms with E-state index in [1.54, 1.807) is 0 Å². The standard InChI is InChI=1S/C15H12BrNO/c1-10(18)17(16)13-6-7-15-12(9-13)8-11-4-2-3-5-14(11)15/h2-7,9H,8H2,1H3. The maximum atomic E-state index is 11.3. The van der Waals surface area contributed by atoms with Gasteiger partial charge in [-0.2, -0.15) is 0 Å². The van der Waals surface area contributed by atoms with E-state index in [1.165, 1.54) is 33.1 Å². The molecule has 0 N–H and O–H groups in total. The zero-order valence-electron chi connectivity index (χ0n) is 9.98. The normalized spacial score (nSPS) is 11.9. The van der Waals surface area contributed by atoms with Crippen LogP contribution in [0.2, 0.25) is 0 Å². The summed E-state index contributed by atoms with van der Waals surface area (Å²) in [5.74, 6) is -0.0227. The Morgan fingerprint density at radius 2 is 1.83 bits per heavy atom. The monoisotopic (exact) mass is 301 g/mol. The largest absolute Gasteiger partial charge is 0.274 e. The molecule has 0 aliphatic heterocycles. The highest BCUT2D eigenvalue weighted by molar-refractivity contribution is 9.10. The van der Waals surface area contributed by atoms with Gasteiger partial charge in [0.2, 0.25) is 5.91 Å². The van der Waals surface area contributed by atoms with E-state index in [1.807, 2.05) is 6.07 Å². The zero-order chi connectivity index (χ0) is 12.7. The van der Waals surface area contributed by atoms with Gasteiger partial charge in [0, 0.05) is 6.92 Å². The van der Waals surface area contributed by atoms with Gasteiger partial charge in [-0.1, -0.05) is 30.3 Å². The van der Waals surface area contributed by atoms with Crippen LogP contribution >= 0.6 is 16.1 Å². The molecule has 1 amide bonds. The van der Waals surface area contributed by atoms with Gasteiger partial charge in [-0.25, -0.2) is 3.93 Å². The summed E-state index contributed by atoms with van der Waals surface area (Å²) < 4.78 is 1.50. The topological polar surface area (TPSA) is 20.3 Å². The summed E-state index contributed by atoms with van der Waals surface area (Å²) in [6.07, 6.45) is 0.943. The van der Waals surface area contributed by atoms with Gasteiger partial charge in [0.25, 0.3) is 0 Å². The summed E-state index contributed by atoms with van der Waals surface area (Å²) in [6.45, 7) is 1.54. The fraction of sp³-hybridized carbons (Fsp3) is 0.133. The van der Waals surface area contributed by atoms with Crippen molar-refractivity contribution in [1.82, 2.24) is 0 Å². The predicted molar refractivity (Wildman–Crippen MR) is 76.8 cm³/mol. The first kappa shape index (κ1) is 11.5. The number of benzene rings is 2. The van der Waals surface area contributed by atoms with Crippen molar-refractivity contribution in [3.05, 3.63) is 53.6 Å². The van der Waals surface area contributed by atoms with Crippen LogP contribution in [0.25, 0.3) is 11.1 Å². The lowest BCUT2D eigenvalue weighted by molar-refractivity contribution is -0.115. The summed E-state index contributed by atoms with van der Waals surface area (Å²) in [6, 6.07) is 14.6. The van der Waals surface area contributed by atoms with Crippen LogP contribution in [0.5, 0.6) is 0 Å². The molecule has 0 saturated heterocycles. The highest BCUT2D eigenvalue weighted by Crippen LogP contribution is 2.38. The predicted octanol–water partition coefficient (Wildman–Crippen LogP) is 3.92. The minimum atomic E-state index is -0.0227. The van der Waals surface area contributed by atoms with Gasteiger partial charge in [0.15, 0.2) is 0 Å². The fourth-order valence-corrected chi connectivity index (χ4v) is 2.66. The van der Waals surface area contributed by atoms with Gasteiger partial charge in [-0.15, -0.1) is 0 Å². The van der Waals surface area contributed by atoms with E-state index in [0.29, 0.717) is 0 Å². The first-order valence-corrected chi connectivity index (χ1v) is 6.55. The van der Waals surface area contributed by atoms with Gasteiger partial charge >= 0.3 is 0 Å². The molecule has 2 aromatic rings. The van der Waals surface area contributed by atoms with Crippen LogP contribution in [0.3, 0.4) is 0 Å². The van der Waals surface area contributed by atoms with Crippen molar-refractivity contribution in [2.24, 2.45) is 0 Å². The molecule has 0 radical (unpaired) electrons. The summed E-state index contributed by atoms with van der Waals surface area (Å²) >= 11 is 3.28. The first-order chi connectivity index (χ1) is 8.66. The number of anilines is 1. The molecule has 0 heterocycles. The summed E-state index contributed by atoms with van der Waals surface area (Å²) in [5, 5.41) is 0. The third kappa shape index (κ3) is 1.75. The van der Waals surface area contributed by atoms with Crippen LogP contribution in [0.1, 0.15) is 18.1 Å². The molecule has 0 bridgehead atoms. The van der Waals surface area contributed by atoms with Crippen LogP contribution < -0.4 is 3.93 Å². The Morgan fingerprint density at radius 1 is 1.11 bits per heavy atom. The molecule has 0 atom stereocenters. The molecule has 3 heteroatoms. The highest BCUT2D eigenvalue weighted by Gasteiger charge is 2.19. The molecule has 0 unspecified atom stereocenters. The van der Waals surface area contributed by atoms with E-state index in [-0.39, 0.29) is 5.91 Å². The Hall–Kier alpha value is -1.61. The van der Waals surface area contributed by atoms with Crippen molar-refractivity contribution in [2.45, 2.75) is 13.3 Å². The number of hydrogen-bond acceptors (Lipinski definition) is 1. The quantitative estimate of drug-likeness (QED) is 0.624. The van der Waals surface area contributed by atoms with Crippen LogP contribution in [0.4, 0.5) is 5.69 Å². The SMILES string of the molecule is CC(=O)N(Br)c1ccc2c(c1)Cc1ccccc1-2. The van der Waals surface area contributed by atoms with Crippen LogP contribution in [0, 0.1) is 0 Å². The van der Waals surface area contributed by atoms with Gasteiger partial charge in [-0.05, 0) is 40.8 Å². The van der Waals surface area contributed by atoms with E-state index in [9.17, 15) is 4.79 Å². The number of fused-ring (bicyclic) bond motifs is 3. The van der Waals surface area contributed by atoms with Gasteiger partial charge in [0.1, 0.15) is 0 Å². The van der Waals surface area contributed by atoms with Crippen molar-refractivity contribution in [1.29, 1.82) is 0 Å². The number of amides is 1. The first-order valence-electron chi connectivity index (χ1n) is 5.84. The van der Waals surface area contributed by atoms with Gasteiger partial charge in [0.05, 0.1) is 21.8 Å². The molecule has 0 aromatic heterocycles. The second kappa shape index (κ2) is 4.25. The van der Waals surface area contributed by atoms with E-state index in [4.69, 9.17) is 0 Å². The second-order valence-electron chi connectivity index (χ2n) is 4.48. The highest BCUT2D eigenvalue weighted by atomic mass is 79.9. The average molecular weight is 302 g/mol. The Balaban J connectivity index is 2.06. The lowest BCUT2D eigenvalue weighted by Crippen LogP contribution is -2.15. The van der Waals surface area contributed by atoms with E-state index in [2.05, 4.69) is 52.5 Å². The van der Waals surface area contributed by atoms with Crippen molar-refractivity contribution in [3.8, 4) is 11.1 Å². The molecule has 2 nitrogen and oxygen atoms in total. The Kier molecular flexibility index (Phi) is 2.71. The fourth-order valence-electron chi connectivity index (χ4n) is 2.44. The van der Waals surface area contributed by atoms with Gasteiger partial charge < -0.3 is 0 Å². The third-order valence-corrected chi connectivity index (χ3v) is 4.19. The smallest absolute Gasteiger partial charge is 0.233 e.